The molecule has 0 heterocycles. The molecule has 0 N–H and O–H groups in total. The molecular formula is C10H12Cl6. The van der Waals surface area contributed by atoms with Gasteiger partial charge in [-0.3, -0.25) is 0 Å². The second-order valence-corrected chi connectivity index (χ2v) is 7.06. The first-order valence-electron chi connectivity index (χ1n) is 5.12. The standard InChI is InChI=1S/C10H12Cl6/c11-2-9(3-12)5-1-6(14)10(9,4-13)8(16)7(5)15/h5-8H,1-4H2/t5-,6+,7+,8-,10+/m0/s1. The van der Waals surface area contributed by atoms with Gasteiger partial charge in [-0.1, -0.05) is 0 Å². The van der Waals surface area contributed by atoms with Crippen molar-refractivity contribution in [1.29, 1.82) is 0 Å². The summed E-state index contributed by atoms with van der Waals surface area (Å²) in [6.45, 7) is 0. The predicted octanol–water partition coefficient (Wildman–Crippen LogP) is 4.53. The SMILES string of the molecule is ClCC1(CCl)[C@H]2C[C@@H](Cl)[C@]1(CCl)[C@@H](Cl)[C@@H]2Cl. The minimum Gasteiger partial charge on any atom is -0.126 e. The fourth-order valence-corrected chi connectivity index (χ4v) is 7.29. The summed E-state index contributed by atoms with van der Waals surface area (Å²) in [4.78, 5) is 0. The lowest BCUT2D eigenvalue weighted by molar-refractivity contribution is 0.170. The molecule has 2 saturated carbocycles. The van der Waals surface area contributed by atoms with Gasteiger partial charge < -0.3 is 0 Å². The number of fused-ring (bicyclic) bond motifs is 2. The summed E-state index contributed by atoms with van der Waals surface area (Å²) in [6.07, 6.45) is 0.797. The Balaban J connectivity index is 2.54. The van der Waals surface area contributed by atoms with E-state index in [0.717, 1.165) is 6.42 Å². The summed E-state index contributed by atoms with van der Waals surface area (Å²) in [5.74, 6) is 1.33. The van der Waals surface area contributed by atoms with E-state index in [-0.39, 0.29) is 27.5 Å². The van der Waals surface area contributed by atoms with Gasteiger partial charge in [-0.05, 0) is 12.3 Å². The zero-order chi connectivity index (χ0) is 12.1. The predicted molar refractivity (Wildman–Crippen MR) is 74.1 cm³/mol. The fraction of sp³-hybridized carbons (Fsp3) is 1.00. The fourth-order valence-electron chi connectivity index (χ4n) is 3.46. The molecule has 0 aromatic heterocycles. The largest absolute Gasteiger partial charge is 0.126 e. The van der Waals surface area contributed by atoms with Gasteiger partial charge in [0.25, 0.3) is 0 Å². The van der Waals surface area contributed by atoms with Crippen LogP contribution in [0.1, 0.15) is 6.42 Å². The number of alkyl halides is 6. The van der Waals surface area contributed by atoms with E-state index in [1.807, 2.05) is 0 Å². The van der Waals surface area contributed by atoms with Gasteiger partial charge in [0.2, 0.25) is 0 Å². The van der Waals surface area contributed by atoms with E-state index in [1.54, 1.807) is 0 Å². The zero-order valence-corrected chi connectivity index (χ0v) is 12.9. The molecular weight excluding hydrogens is 333 g/mol. The summed E-state index contributed by atoms with van der Waals surface area (Å²) in [7, 11) is 0. The second-order valence-electron chi connectivity index (χ2n) is 4.75. The third kappa shape index (κ3) is 1.38. The molecule has 5 atom stereocenters. The van der Waals surface area contributed by atoms with Crippen molar-refractivity contribution < 1.29 is 0 Å². The van der Waals surface area contributed by atoms with Crippen LogP contribution in [0.3, 0.4) is 0 Å². The van der Waals surface area contributed by atoms with Crippen molar-refractivity contribution in [1.82, 2.24) is 0 Å². The Hall–Kier alpha value is 1.74. The van der Waals surface area contributed by atoms with E-state index in [9.17, 15) is 0 Å². The molecule has 0 radical (unpaired) electrons. The van der Waals surface area contributed by atoms with Gasteiger partial charge in [-0.15, -0.1) is 69.6 Å². The third-order valence-corrected chi connectivity index (χ3v) is 7.82. The Morgan fingerprint density at radius 2 is 1.50 bits per heavy atom. The van der Waals surface area contributed by atoms with Crippen molar-refractivity contribution in [2.75, 3.05) is 17.6 Å². The highest BCUT2D eigenvalue weighted by Crippen LogP contribution is 2.71. The minimum atomic E-state index is -0.446. The molecule has 0 unspecified atom stereocenters. The van der Waals surface area contributed by atoms with Crippen molar-refractivity contribution in [2.45, 2.75) is 22.6 Å². The number of halogens is 6. The normalized spacial score (nSPS) is 49.9. The maximum absolute atomic E-state index is 6.43. The van der Waals surface area contributed by atoms with Gasteiger partial charge in [0.15, 0.2) is 0 Å². The van der Waals surface area contributed by atoms with Crippen LogP contribution in [0.25, 0.3) is 0 Å². The van der Waals surface area contributed by atoms with Crippen molar-refractivity contribution in [3.8, 4) is 0 Å². The van der Waals surface area contributed by atoms with Crippen LogP contribution in [-0.4, -0.2) is 33.8 Å². The number of hydrogen-bond acceptors (Lipinski definition) is 0. The molecule has 2 aliphatic rings. The van der Waals surface area contributed by atoms with E-state index in [0.29, 0.717) is 17.6 Å². The molecule has 0 aromatic rings. The average Bonchev–Trinajstić information content (AvgIpc) is 2.65. The van der Waals surface area contributed by atoms with Crippen LogP contribution in [0.5, 0.6) is 0 Å². The first kappa shape index (κ1) is 14.2. The summed E-state index contributed by atoms with van der Waals surface area (Å²) in [6, 6.07) is 0. The average molecular weight is 345 g/mol. The summed E-state index contributed by atoms with van der Waals surface area (Å²) in [5, 5.41) is -0.497. The molecule has 2 rings (SSSR count). The van der Waals surface area contributed by atoms with Gasteiger partial charge in [0.05, 0.1) is 10.8 Å². The molecule has 0 aliphatic heterocycles. The summed E-state index contributed by atoms with van der Waals surface area (Å²) in [5.41, 5.74) is -0.776. The minimum absolute atomic E-state index is 0.0926. The first-order chi connectivity index (χ1) is 7.51. The highest BCUT2D eigenvalue weighted by atomic mass is 35.5. The topological polar surface area (TPSA) is 0 Å². The van der Waals surface area contributed by atoms with Crippen molar-refractivity contribution >= 4 is 69.6 Å². The molecule has 2 fully saturated rings. The molecule has 94 valence electrons. The van der Waals surface area contributed by atoms with E-state index in [4.69, 9.17) is 69.6 Å². The molecule has 0 spiro atoms. The van der Waals surface area contributed by atoms with Gasteiger partial charge in [0, 0.05) is 33.8 Å². The molecule has 0 aromatic carbocycles. The summed E-state index contributed by atoms with van der Waals surface area (Å²) < 4.78 is 0. The molecule has 2 bridgehead atoms. The van der Waals surface area contributed by atoms with Gasteiger partial charge >= 0.3 is 0 Å². The second kappa shape index (κ2) is 4.69. The molecule has 0 nitrogen and oxygen atoms in total. The molecule has 0 amide bonds. The molecule has 6 heteroatoms. The van der Waals surface area contributed by atoms with Gasteiger partial charge in [-0.25, -0.2) is 0 Å². The maximum atomic E-state index is 6.43. The van der Waals surface area contributed by atoms with Crippen LogP contribution in [-0.2, 0) is 0 Å². The Morgan fingerprint density at radius 1 is 0.938 bits per heavy atom. The van der Waals surface area contributed by atoms with Crippen molar-refractivity contribution in [3.05, 3.63) is 0 Å². The Labute approximate surface area is 126 Å². The van der Waals surface area contributed by atoms with Crippen LogP contribution < -0.4 is 0 Å². The monoisotopic (exact) mass is 342 g/mol. The lowest BCUT2D eigenvalue weighted by Gasteiger charge is -2.43. The van der Waals surface area contributed by atoms with Crippen LogP contribution >= 0.6 is 69.6 Å². The van der Waals surface area contributed by atoms with Crippen LogP contribution in [0.2, 0.25) is 0 Å². The van der Waals surface area contributed by atoms with E-state index in [1.165, 1.54) is 0 Å². The van der Waals surface area contributed by atoms with Crippen LogP contribution in [0.4, 0.5) is 0 Å². The molecule has 16 heavy (non-hydrogen) atoms. The first-order valence-corrected chi connectivity index (χ1v) is 8.03. The Kier molecular flexibility index (Phi) is 4.15. The lowest BCUT2D eigenvalue weighted by atomic mass is 9.70. The quantitative estimate of drug-likeness (QED) is 0.660. The number of hydrogen-bond donors (Lipinski definition) is 0. The van der Waals surface area contributed by atoms with Crippen LogP contribution in [0, 0.1) is 16.7 Å². The molecule has 0 saturated heterocycles. The van der Waals surface area contributed by atoms with Crippen molar-refractivity contribution in [2.24, 2.45) is 16.7 Å². The zero-order valence-electron chi connectivity index (χ0n) is 8.41. The van der Waals surface area contributed by atoms with E-state index in [2.05, 4.69) is 0 Å². The third-order valence-electron chi connectivity index (χ3n) is 4.51. The maximum Gasteiger partial charge on any atom is 0.0590 e. The van der Waals surface area contributed by atoms with E-state index >= 15 is 0 Å². The summed E-state index contributed by atoms with van der Waals surface area (Å²) >= 11 is 37.6. The van der Waals surface area contributed by atoms with Gasteiger partial charge in [0.1, 0.15) is 0 Å². The lowest BCUT2D eigenvalue weighted by Crippen LogP contribution is -2.49. The van der Waals surface area contributed by atoms with E-state index < -0.39 is 5.41 Å². The number of rotatable bonds is 3. The smallest absolute Gasteiger partial charge is 0.0590 e. The Bertz CT molecular complexity index is 278. The molecule has 2 aliphatic carbocycles. The van der Waals surface area contributed by atoms with Crippen molar-refractivity contribution in [3.63, 3.8) is 0 Å². The highest BCUT2D eigenvalue weighted by molar-refractivity contribution is 6.34. The van der Waals surface area contributed by atoms with Crippen LogP contribution in [0.15, 0.2) is 0 Å². The Morgan fingerprint density at radius 3 is 1.88 bits per heavy atom. The van der Waals surface area contributed by atoms with Gasteiger partial charge in [-0.2, -0.15) is 0 Å². The highest BCUT2D eigenvalue weighted by Gasteiger charge is 2.74.